The molecule has 0 unspecified atom stereocenters. The van der Waals surface area contributed by atoms with Gasteiger partial charge in [0.05, 0.1) is 5.56 Å². The molecule has 0 N–H and O–H groups in total. The van der Waals surface area contributed by atoms with Gasteiger partial charge in [-0.25, -0.2) is 4.39 Å². The van der Waals surface area contributed by atoms with Crippen LogP contribution in [0.25, 0.3) is 0 Å². The van der Waals surface area contributed by atoms with Crippen molar-refractivity contribution in [3.05, 3.63) is 71.0 Å². The Morgan fingerprint density at radius 2 is 1.56 bits per heavy atom. The molecule has 2 aromatic carbocycles. The lowest BCUT2D eigenvalue weighted by atomic mass is 9.89. The van der Waals surface area contributed by atoms with E-state index in [1.165, 1.54) is 36.4 Å². The lowest BCUT2D eigenvalue weighted by molar-refractivity contribution is -0.137. The number of benzene rings is 2. The standard InChI is InChI=1S/C21H21F4NO/c22-19-7-3-16(4-8-19)20(27)17-10-13-26(14-11-17)12-9-15-1-5-18(6-2-15)21(23,24)25/h1-8,17H,9-14H2. The quantitative estimate of drug-likeness (QED) is 0.539. The van der Waals surface area contributed by atoms with Gasteiger partial charge in [-0.2, -0.15) is 13.2 Å². The predicted octanol–water partition coefficient (Wildman–Crippen LogP) is 4.98. The Balaban J connectivity index is 1.47. The van der Waals surface area contributed by atoms with Crippen LogP contribution in [-0.4, -0.2) is 30.3 Å². The van der Waals surface area contributed by atoms with Crippen molar-refractivity contribution in [2.75, 3.05) is 19.6 Å². The number of hydrogen-bond donors (Lipinski definition) is 0. The molecule has 0 amide bonds. The molecule has 0 bridgehead atoms. The fraction of sp³-hybridized carbons (Fsp3) is 0.381. The molecule has 2 aromatic rings. The molecule has 1 aliphatic heterocycles. The highest BCUT2D eigenvalue weighted by Crippen LogP contribution is 2.29. The molecule has 3 rings (SSSR count). The summed E-state index contributed by atoms with van der Waals surface area (Å²) in [5.41, 5.74) is 0.776. The van der Waals surface area contributed by atoms with E-state index in [9.17, 15) is 22.4 Å². The Morgan fingerprint density at radius 1 is 0.963 bits per heavy atom. The molecule has 1 heterocycles. The number of carbonyl (C=O) groups excluding carboxylic acids is 1. The van der Waals surface area contributed by atoms with Gasteiger partial charge in [0, 0.05) is 18.0 Å². The van der Waals surface area contributed by atoms with Gasteiger partial charge in [0.2, 0.25) is 0 Å². The van der Waals surface area contributed by atoms with Crippen LogP contribution in [0.3, 0.4) is 0 Å². The van der Waals surface area contributed by atoms with Crippen LogP contribution >= 0.6 is 0 Å². The maximum Gasteiger partial charge on any atom is 0.416 e. The summed E-state index contributed by atoms with van der Waals surface area (Å²) in [5.74, 6) is -0.361. The molecular formula is C21H21F4NO. The second-order valence-corrected chi connectivity index (χ2v) is 6.93. The van der Waals surface area contributed by atoms with Gasteiger partial charge < -0.3 is 4.90 Å². The number of carbonyl (C=O) groups is 1. The first kappa shape index (κ1) is 19.5. The average molecular weight is 379 g/mol. The molecule has 0 aliphatic carbocycles. The molecule has 0 aromatic heterocycles. The normalized spacial score (nSPS) is 16.4. The maximum atomic E-state index is 13.0. The van der Waals surface area contributed by atoms with Crippen LogP contribution < -0.4 is 0 Å². The van der Waals surface area contributed by atoms with Gasteiger partial charge in [-0.1, -0.05) is 12.1 Å². The van der Waals surface area contributed by atoms with Gasteiger partial charge >= 0.3 is 6.18 Å². The van der Waals surface area contributed by atoms with E-state index in [-0.39, 0.29) is 17.5 Å². The number of halogens is 4. The molecule has 2 nitrogen and oxygen atoms in total. The molecular weight excluding hydrogens is 358 g/mol. The highest BCUT2D eigenvalue weighted by molar-refractivity contribution is 5.97. The van der Waals surface area contributed by atoms with E-state index in [1.54, 1.807) is 0 Å². The smallest absolute Gasteiger partial charge is 0.303 e. The summed E-state index contributed by atoms with van der Waals surface area (Å²) < 4.78 is 50.7. The van der Waals surface area contributed by atoms with Crippen molar-refractivity contribution >= 4 is 5.78 Å². The highest BCUT2D eigenvalue weighted by Gasteiger charge is 2.30. The molecule has 1 aliphatic rings. The Hall–Kier alpha value is -2.21. The van der Waals surface area contributed by atoms with Crippen LogP contribution in [0.1, 0.15) is 34.3 Å². The zero-order chi connectivity index (χ0) is 19.4. The number of nitrogens with zero attached hydrogens (tertiary/aromatic N) is 1. The number of likely N-dealkylation sites (tertiary alicyclic amines) is 1. The summed E-state index contributed by atoms with van der Waals surface area (Å²) >= 11 is 0. The van der Waals surface area contributed by atoms with Crippen LogP contribution in [0.15, 0.2) is 48.5 Å². The minimum Gasteiger partial charge on any atom is -0.303 e. The zero-order valence-electron chi connectivity index (χ0n) is 14.8. The van der Waals surface area contributed by atoms with E-state index < -0.39 is 11.7 Å². The number of Topliss-reactive ketones (excluding diaryl/α,β-unsaturated/α-hetero) is 1. The number of piperidine rings is 1. The minimum absolute atomic E-state index is 0.0531. The lowest BCUT2D eigenvalue weighted by Crippen LogP contribution is -2.37. The zero-order valence-corrected chi connectivity index (χ0v) is 14.8. The van der Waals surface area contributed by atoms with E-state index in [2.05, 4.69) is 4.90 Å². The Labute approximate surface area is 155 Å². The van der Waals surface area contributed by atoms with Crippen molar-refractivity contribution in [3.63, 3.8) is 0 Å². The van der Waals surface area contributed by atoms with E-state index in [4.69, 9.17) is 0 Å². The topological polar surface area (TPSA) is 20.3 Å². The third-order valence-electron chi connectivity index (χ3n) is 5.09. The first-order chi connectivity index (χ1) is 12.8. The fourth-order valence-electron chi connectivity index (χ4n) is 3.42. The van der Waals surface area contributed by atoms with Crippen LogP contribution in [0.5, 0.6) is 0 Å². The van der Waals surface area contributed by atoms with Crippen LogP contribution in [-0.2, 0) is 12.6 Å². The minimum atomic E-state index is -4.31. The second kappa shape index (κ2) is 8.21. The summed E-state index contributed by atoms with van der Waals surface area (Å²) in [6, 6.07) is 10.9. The van der Waals surface area contributed by atoms with Gasteiger partial charge in [-0.05, 0) is 74.3 Å². The van der Waals surface area contributed by atoms with Crippen LogP contribution in [0.2, 0.25) is 0 Å². The molecule has 1 saturated heterocycles. The van der Waals surface area contributed by atoms with Gasteiger partial charge in [0.1, 0.15) is 5.82 Å². The van der Waals surface area contributed by atoms with Crippen molar-refractivity contribution in [1.82, 2.24) is 4.90 Å². The molecule has 0 atom stereocenters. The molecule has 0 saturated carbocycles. The Kier molecular flexibility index (Phi) is 5.95. The summed E-state index contributed by atoms with van der Waals surface area (Å²) in [5, 5.41) is 0. The number of alkyl halides is 3. The van der Waals surface area contributed by atoms with Crippen LogP contribution in [0, 0.1) is 11.7 Å². The Morgan fingerprint density at radius 3 is 2.11 bits per heavy atom. The molecule has 0 radical (unpaired) electrons. The second-order valence-electron chi connectivity index (χ2n) is 6.93. The first-order valence-electron chi connectivity index (χ1n) is 9.01. The SMILES string of the molecule is O=C(c1ccc(F)cc1)C1CCN(CCc2ccc(C(F)(F)F)cc2)CC1. The monoisotopic (exact) mass is 379 g/mol. The van der Waals surface area contributed by atoms with E-state index in [0.29, 0.717) is 12.0 Å². The fourth-order valence-corrected chi connectivity index (χ4v) is 3.42. The first-order valence-corrected chi connectivity index (χ1v) is 9.01. The van der Waals surface area contributed by atoms with Crippen molar-refractivity contribution in [2.45, 2.75) is 25.4 Å². The lowest BCUT2D eigenvalue weighted by Gasteiger charge is -2.31. The summed E-state index contributed by atoms with van der Waals surface area (Å²) in [7, 11) is 0. The predicted molar refractivity (Wildman–Crippen MR) is 95.0 cm³/mol. The third-order valence-corrected chi connectivity index (χ3v) is 5.09. The molecule has 144 valence electrons. The molecule has 27 heavy (non-hydrogen) atoms. The molecule has 6 heteroatoms. The molecule has 1 fully saturated rings. The van der Waals surface area contributed by atoms with E-state index in [0.717, 1.165) is 50.2 Å². The average Bonchev–Trinajstić information content (AvgIpc) is 2.66. The summed E-state index contributed by atoms with van der Waals surface area (Å²) in [6.07, 6.45) is -2.15. The summed E-state index contributed by atoms with van der Waals surface area (Å²) in [6.45, 7) is 2.30. The van der Waals surface area contributed by atoms with E-state index in [1.807, 2.05) is 0 Å². The van der Waals surface area contributed by atoms with Gasteiger partial charge in [-0.3, -0.25) is 4.79 Å². The number of rotatable bonds is 5. The number of hydrogen-bond acceptors (Lipinski definition) is 2. The van der Waals surface area contributed by atoms with Gasteiger partial charge in [-0.15, -0.1) is 0 Å². The van der Waals surface area contributed by atoms with Crippen molar-refractivity contribution in [2.24, 2.45) is 5.92 Å². The largest absolute Gasteiger partial charge is 0.416 e. The van der Waals surface area contributed by atoms with Gasteiger partial charge in [0.25, 0.3) is 0 Å². The van der Waals surface area contributed by atoms with E-state index >= 15 is 0 Å². The van der Waals surface area contributed by atoms with Gasteiger partial charge in [0.15, 0.2) is 5.78 Å². The van der Waals surface area contributed by atoms with Crippen molar-refractivity contribution < 1.29 is 22.4 Å². The van der Waals surface area contributed by atoms with Crippen molar-refractivity contribution in [1.29, 1.82) is 0 Å². The maximum absolute atomic E-state index is 13.0. The summed E-state index contributed by atoms with van der Waals surface area (Å²) in [4.78, 5) is 14.7. The van der Waals surface area contributed by atoms with Crippen LogP contribution in [0.4, 0.5) is 17.6 Å². The molecule has 0 spiro atoms. The highest BCUT2D eigenvalue weighted by atomic mass is 19.4. The Bertz CT molecular complexity index is 760. The van der Waals surface area contributed by atoms with Crippen molar-refractivity contribution in [3.8, 4) is 0 Å². The third kappa shape index (κ3) is 5.16. The number of ketones is 1.